The summed E-state index contributed by atoms with van der Waals surface area (Å²) in [5.41, 5.74) is 1.22. The molecule has 102 valence electrons. The summed E-state index contributed by atoms with van der Waals surface area (Å²) in [6, 6.07) is 8.49. The van der Waals surface area contributed by atoms with Gasteiger partial charge in [0.1, 0.15) is 5.75 Å². The van der Waals surface area contributed by atoms with Gasteiger partial charge >= 0.3 is 0 Å². The summed E-state index contributed by atoms with van der Waals surface area (Å²) in [6.07, 6.45) is 1.03. The van der Waals surface area contributed by atoms with Crippen molar-refractivity contribution in [3.8, 4) is 5.75 Å². The topological polar surface area (TPSA) is 30.5 Å². The van der Waals surface area contributed by atoms with Crippen molar-refractivity contribution in [1.29, 1.82) is 0 Å². The van der Waals surface area contributed by atoms with Gasteiger partial charge in [-0.25, -0.2) is 0 Å². The maximum absolute atomic E-state index is 5.66. The first kappa shape index (κ1) is 15.0. The standard InChI is InChI=1S/C15H25NO2/c1-4-10-18-14-9-7-8-13(11-14)15(16-5-2)12-17-6-3/h7-9,11,15-16H,4-6,10,12H2,1-3H3. The second kappa shape index (κ2) is 8.95. The van der Waals surface area contributed by atoms with Gasteiger partial charge in [0.15, 0.2) is 0 Å². The lowest BCUT2D eigenvalue weighted by atomic mass is 10.1. The minimum atomic E-state index is 0.236. The van der Waals surface area contributed by atoms with Gasteiger partial charge in [0.2, 0.25) is 0 Å². The Bertz CT molecular complexity index is 328. The van der Waals surface area contributed by atoms with Gasteiger partial charge in [0, 0.05) is 6.61 Å². The van der Waals surface area contributed by atoms with Gasteiger partial charge in [-0.1, -0.05) is 26.0 Å². The van der Waals surface area contributed by atoms with E-state index in [0.29, 0.717) is 6.61 Å². The Morgan fingerprint density at radius 2 is 2.06 bits per heavy atom. The number of likely N-dealkylation sites (N-methyl/N-ethyl adjacent to an activating group) is 1. The van der Waals surface area contributed by atoms with Gasteiger partial charge in [0.05, 0.1) is 19.3 Å². The third-order valence-electron chi connectivity index (χ3n) is 2.67. The van der Waals surface area contributed by atoms with E-state index in [4.69, 9.17) is 9.47 Å². The van der Waals surface area contributed by atoms with Crippen LogP contribution in [-0.4, -0.2) is 26.4 Å². The van der Waals surface area contributed by atoms with Crippen LogP contribution in [0.3, 0.4) is 0 Å². The minimum absolute atomic E-state index is 0.236. The van der Waals surface area contributed by atoms with Gasteiger partial charge in [-0.05, 0) is 37.6 Å². The smallest absolute Gasteiger partial charge is 0.119 e. The first-order valence-electron chi connectivity index (χ1n) is 6.85. The molecule has 0 aliphatic rings. The van der Waals surface area contributed by atoms with Gasteiger partial charge in [-0.3, -0.25) is 0 Å². The second-order valence-electron chi connectivity index (χ2n) is 4.19. The van der Waals surface area contributed by atoms with Gasteiger partial charge in [-0.2, -0.15) is 0 Å². The lowest BCUT2D eigenvalue weighted by Gasteiger charge is -2.19. The first-order chi connectivity index (χ1) is 8.81. The van der Waals surface area contributed by atoms with Crippen molar-refractivity contribution in [2.75, 3.05) is 26.4 Å². The van der Waals surface area contributed by atoms with Crippen molar-refractivity contribution < 1.29 is 9.47 Å². The molecule has 1 aromatic carbocycles. The number of benzene rings is 1. The number of hydrogen-bond acceptors (Lipinski definition) is 3. The van der Waals surface area contributed by atoms with E-state index in [1.165, 1.54) is 5.56 Å². The van der Waals surface area contributed by atoms with Crippen molar-refractivity contribution >= 4 is 0 Å². The molecule has 1 N–H and O–H groups in total. The largest absolute Gasteiger partial charge is 0.494 e. The van der Waals surface area contributed by atoms with E-state index < -0.39 is 0 Å². The first-order valence-corrected chi connectivity index (χ1v) is 6.85. The van der Waals surface area contributed by atoms with Crippen LogP contribution in [0, 0.1) is 0 Å². The molecule has 1 unspecified atom stereocenters. The van der Waals surface area contributed by atoms with Crippen LogP contribution in [0.4, 0.5) is 0 Å². The molecular formula is C15H25NO2. The maximum Gasteiger partial charge on any atom is 0.119 e. The molecule has 3 heteroatoms. The molecule has 0 aliphatic heterocycles. The third kappa shape index (κ3) is 5.07. The van der Waals surface area contributed by atoms with Crippen LogP contribution < -0.4 is 10.1 Å². The van der Waals surface area contributed by atoms with Gasteiger partial charge < -0.3 is 14.8 Å². The van der Waals surface area contributed by atoms with Crippen molar-refractivity contribution in [2.24, 2.45) is 0 Å². The predicted molar refractivity (Wildman–Crippen MR) is 75.1 cm³/mol. The molecule has 0 amide bonds. The molecule has 0 aliphatic carbocycles. The molecule has 0 saturated heterocycles. The van der Waals surface area contributed by atoms with Crippen LogP contribution in [0.25, 0.3) is 0 Å². The molecule has 1 atom stereocenters. The van der Waals surface area contributed by atoms with Gasteiger partial charge in [-0.15, -0.1) is 0 Å². The van der Waals surface area contributed by atoms with E-state index in [1.54, 1.807) is 0 Å². The Hall–Kier alpha value is -1.06. The highest BCUT2D eigenvalue weighted by molar-refractivity contribution is 5.30. The maximum atomic E-state index is 5.66. The SMILES string of the molecule is CCCOc1cccc(C(COCC)NCC)c1. The zero-order valence-electron chi connectivity index (χ0n) is 11.7. The highest BCUT2D eigenvalue weighted by Crippen LogP contribution is 2.20. The lowest BCUT2D eigenvalue weighted by molar-refractivity contribution is 0.123. The number of hydrogen-bond donors (Lipinski definition) is 1. The Labute approximate surface area is 110 Å². The average Bonchev–Trinajstić information content (AvgIpc) is 2.41. The summed E-state index contributed by atoms with van der Waals surface area (Å²) < 4.78 is 11.2. The van der Waals surface area contributed by atoms with E-state index in [0.717, 1.165) is 31.9 Å². The third-order valence-corrected chi connectivity index (χ3v) is 2.67. The molecule has 3 nitrogen and oxygen atoms in total. The fraction of sp³-hybridized carbons (Fsp3) is 0.600. The van der Waals surface area contributed by atoms with Crippen molar-refractivity contribution in [1.82, 2.24) is 5.32 Å². The minimum Gasteiger partial charge on any atom is -0.494 e. The molecule has 0 fully saturated rings. The van der Waals surface area contributed by atoms with Gasteiger partial charge in [0.25, 0.3) is 0 Å². The van der Waals surface area contributed by atoms with Crippen LogP contribution in [0.2, 0.25) is 0 Å². The molecule has 0 heterocycles. The van der Waals surface area contributed by atoms with E-state index in [2.05, 4.69) is 31.3 Å². The van der Waals surface area contributed by atoms with Crippen LogP contribution in [0.5, 0.6) is 5.75 Å². The Balaban J connectivity index is 2.70. The van der Waals surface area contributed by atoms with Crippen LogP contribution in [0.15, 0.2) is 24.3 Å². The lowest BCUT2D eigenvalue weighted by Crippen LogP contribution is -2.25. The molecule has 0 aromatic heterocycles. The van der Waals surface area contributed by atoms with Crippen LogP contribution >= 0.6 is 0 Å². The molecule has 0 bridgehead atoms. The second-order valence-corrected chi connectivity index (χ2v) is 4.19. The molecule has 0 spiro atoms. The monoisotopic (exact) mass is 251 g/mol. The van der Waals surface area contributed by atoms with E-state index >= 15 is 0 Å². The number of nitrogens with one attached hydrogen (secondary N) is 1. The molecule has 18 heavy (non-hydrogen) atoms. The molecule has 1 rings (SSSR count). The van der Waals surface area contributed by atoms with Crippen molar-refractivity contribution in [2.45, 2.75) is 33.2 Å². The fourth-order valence-corrected chi connectivity index (χ4v) is 1.80. The number of rotatable bonds is 9. The molecular weight excluding hydrogens is 226 g/mol. The van der Waals surface area contributed by atoms with E-state index in [9.17, 15) is 0 Å². The quantitative estimate of drug-likeness (QED) is 0.731. The van der Waals surface area contributed by atoms with Crippen molar-refractivity contribution in [3.63, 3.8) is 0 Å². The van der Waals surface area contributed by atoms with E-state index in [-0.39, 0.29) is 6.04 Å². The summed E-state index contributed by atoms with van der Waals surface area (Å²) >= 11 is 0. The summed E-state index contributed by atoms with van der Waals surface area (Å²) in [4.78, 5) is 0. The Morgan fingerprint density at radius 3 is 2.72 bits per heavy atom. The molecule has 0 saturated carbocycles. The summed E-state index contributed by atoms with van der Waals surface area (Å²) in [7, 11) is 0. The number of ether oxygens (including phenoxy) is 2. The summed E-state index contributed by atoms with van der Waals surface area (Å²) in [5.74, 6) is 0.939. The average molecular weight is 251 g/mol. The summed E-state index contributed by atoms with van der Waals surface area (Å²) in [5, 5.41) is 3.44. The zero-order chi connectivity index (χ0) is 13.2. The summed E-state index contributed by atoms with van der Waals surface area (Å²) in [6.45, 7) is 9.37. The van der Waals surface area contributed by atoms with E-state index in [1.807, 2.05) is 19.1 Å². The highest BCUT2D eigenvalue weighted by atomic mass is 16.5. The Kier molecular flexibility index (Phi) is 7.46. The normalized spacial score (nSPS) is 12.4. The predicted octanol–water partition coefficient (Wildman–Crippen LogP) is 3.16. The molecule has 1 aromatic rings. The Morgan fingerprint density at radius 1 is 1.22 bits per heavy atom. The highest BCUT2D eigenvalue weighted by Gasteiger charge is 2.10. The molecule has 0 radical (unpaired) electrons. The fourth-order valence-electron chi connectivity index (χ4n) is 1.80. The van der Waals surface area contributed by atoms with Crippen LogP contribution in [0.1, 0.15) is 38.8 Å². The zero-order valence-corrected chi connectivity index (χ0v) is 11.7. The van der Waals surface area contributed by atoms with Crippen LogP contribution in [-0.2, 0) is 4.74 Å². The van der Waals surface area contributed by atoms with Crippen molar-refractivity contribution in [3.05, 3.63) is 29.8 Å².